The van der Waals surface area contributed by atoms with Gasteiger partial charge in [0.05, 0.1) is 13.5 Å². The van der Waals surface area contributed by atoms with E-state index >= 15 is 0 Å². The highest BCUT2D eigenvalue weighted by atomic mass is 35.5. The monoisotopic (exact) mass is 290 g/mol. The molecular formula is C11H12Cl2N2O3. The molecule has 5 nitrogen and oxygen atoms in total. The average molecular weight is 291 g/mol. The third-order valence-corrected chi connectivity index (χ3v) is 2.62. The number of esters is 1. The number of amides is 1. The molecule has 7 heteroatoms. The van der Waals surface area contributed by atoms with E-state index in [1.165, 1.54) is 24.1 Å². The van der Waals surface area contributed by atoms with Crippen LogP contribution in [0.3, 0.4) is 0 Å². The molecular weight excluding hydrogens is 279 g/mol. The van der Waals surface area contributed by atoms with Crippen LogP contribution in [-0.2, 0) is 9.53 Å². The maximum absolute atomic E-state index is 12.0. The Morgan fingerprint density at radius 2 is 1.89 bits per heavy atom. The number of carbonyl (C=O) groups excluding carboxylic acids is 2. The number of hydrogen-bond acceptors (Lipinski definition) is 4. The van der Waals surface area contributed by atoms with E-state index in [0.29, 0.717) is 5.56 Å². The smallest absolute Gasteiger partial charge is 0.307 e. The molecule has 1 amide bonds. The molecule has 0 bridgehead atoms. The van der Waals surface area contributed by atoms with E-state index in [4.69, 9.17) is 23.2 Å². The predicted molar refractivity (Wildman–Crippen MR) is 67.9 cm³/mol. The van der Waals surface area contributed by atoms with Gasteiger partial charge in [-0.1, -0.05) is 23.2 Å². The lowest BCUT2D eigenvalue weighted by molar-refractivity contribution is -0.140. The molecule has 0 aliphatic carbocycles. The molecule has 1 aromatic heterocycles. The third kappa shape index (κ3) is 4.16. The molecule has 0 aliphatic rings. The minimum Gasteiger partial charge on any atom is -0.469 e. The van der Waals surface area contributed by atoms with Crippen molar-refractivity contribution in [3.63, 3.8) is 0 Å². The summed E-state index contributed by atoms with van der Waals surface area (Å²) in [4.78, 5) is 28.1. The quantitative estimate of drug-likeness (QED) is 0.629. The van der Waals surface area contributed by atoms with E-state index in [0.717, 1.165) is 0 Å². The first-order valence-electron chi connectivity index (χ1n) is 5.09. The fraction of sp³-hybridized carbons (Fsp3) is 0.364. The maximum atomic E-state index is 12.0. The van der Waals surface area contributed by atoms with Crippen LogP contribution in [0.2, 0.25) is 10.3 Å². The predicted octanol–water partition coefficient (Wildman–Crippen LogP) is 2.02. The normalized spacial score (nSPS) is 10.0. The Labute approximate surface area is 115 Å². The van der Waals surface area contributed by atoms with Crippen molar-refractivity contribution in [3.05, 3.63) is 28.0 Å². The molecule has 0 unspecified atom stereocenters. The molecule has 98 valence electrons. The summed E-state index contributed by atoms with van der Waals surface area (Å²) < 4.78 is 4.50. The van der Waals surface area contributed by atoms with Crippen molar-refractivity contribution in [2.24, 2.45) is 0 Å². The number of hydrogen-bond donors (Lipinski definition) is 0. The first-order valence-corrected chi connectivity index (χ1v) is 5.85. The Morgan fingerprint density at radius 1 is 1.33 bits per heavy atom. The van der Waals surface area contributed by atoms with Crippen LogP contribution in [0.5, 0.6) is 0 Å². The summed E-state index contributed by atoms with van der Waals surface area (Å²) in [5.41, 5.74) is 0.326. The number of pyridine rings is 1. The standard InChI is InChI=1S/C11H12Cl2N2O3/c1-15(4-3-10(16)18-2)11(17)7-5-8(12)14-9(13)6-7/h5-6H,3-4H2,1-2H3. The number of nitrogens with zero attached hydrogens (tertiary/aromatic N) is 2. The minimum atomic E-state index is -0.375. The Balaban J connectivity index is 2.71. The van der Waals surface area contributed by atoms with Crippen molar-refractivity contribution < 1.29 is 14.3 Å². The van der Waals surface area contributed by atoms with Crippen molar-refractivity contribution in [1.29, 1.82) is 0 Å². The van der Waals surface area contributed by atoms with Crippen molar-refractivity contribution in [2.45, 2.75) is 6.42 Å². The number of ether oxygens (including phenoxy) is 1. The summed E-state index contributed by atoms with van der Waals surface area (Å²) in [6.45, 7) is 0.253. The van der Waals surface area contributed by atoms with Gasteiger partial charge >= 0.3 is 5.97 Å². The zero-order chi connectivity index (χ0) is 13.7. The molecule has 18 heavy (non-hydrogen) atoms. The summed E-state index contributed by atoms with van der Waals surface area (Å²) in [7, 11) is 2.88. The fourth-order valence-electron chi connectivity index (χ4n) is 1.27. The van der Waals surface area contributed by atoms with E-state index in [2.05, 4.69) is 9.72 Å². The van der Waals surface area contributed by atoms with Gasteiger partial charge in [-0.15, -0.1) is 0 Å². The first-order chi connectivity index (χ1) is 8.43. The average Bonchev–Trinajstić information content (AvgIpc) is 2.33. The SMILES string of the molecule is COC(=O)CCN(C)C(=O)c1cc(Cl)nc(Cl)c1. The van der Waals surface area contributed by atoms with Gasteiger partial charge in [-0.05, 0) is 12.1 Å². The van der Waals surface area contributed by atoms with Crippen molar-refractivity contribution >= 4 is 35.1 Å². The van der Waals surface area contributed by atoms with E-state index in [-0.39, 0.29) is 35.1 Å². The minimum absolute atomic E-state index is 0.130. The van der Waals surface area contributed by atoms with Crippen LogP contribution in [0.25, 0.3) is 0 Å². The summed E-state index contributed by atoms with van der Waals surface area (Å²) in [5, 5.41) is 0.291. The Morgan fingerprint density at radius 3 is 2.39 bits per heavy atom. The van der Waals surface area contributed by atoms with Crippen molar-refractivity contribution in [3.8, 4) is 0 Å². The lowest BCUT2D eigenvalue weighted by Gasteiger charge is -2.16. The Bertz CT molecular complexity index is 445. The Kier molecular flexibility index (Phi) is 5.37. The number of halogens is 2. The molecule has 0 N–H and O–H groups in total. The molecule has 0 saturated carbocycles. The van der Waals surface area contributed by atoms with Crippen molar-refractivity contribution in [1.82, 2.24) is 9.88 Å². The third-order valence-electron chi connectivity index (χ3n) is 2.24. The number of carbonyl (C=O) groups is 2. The van der Waals surface area contributed by atoms with Gasteiger partial charge in [-0.25, -0.2) is 4.98 Å². The van der Waals surface area contributed by atoms with Gasteiger partial charge in [0, 0.05) is 19.2 Å². The lowest BCUT2D eigenvalue weighted by Crippen LogP contribution is -2.29. The van der Waals surface area contributed by atoms with Crippen LogP contribution in [0.15, 0.2) is 12.1 Å². The van der Waals surface area contributed by atoms with Crippen LogP contribution in [-0.4, -0.2) is 42.5 Å². The van der Waals surface area contributed by atoms with Crippen molar-refractivity contribution in [2.75, 3.05) is 20.7 Å². The first kappa shape index (κ1) is 14.7. The molecule has 0 radical (unpaired) electrons. The van der Waals surface area contributed by atoms with E-state index in [1.54, 1.807) is 7.05 Å². The van der Waals surface area contributed by atoms with Crippen LogP contribution < -0.4 is 0 Å². The highest BCUT2D eigenvalue weighted by Gasteiger charge is 2.14. The highest BCUT2D eigenvalue weighted by molar-refractivity contribution is 6.33. The molecule has 1 heterocycles. The highest BCUT2D eigenvalue weighted by Crippen LogP contribution is 2.16. The number of rotatable bonds is 4. The van der Waals surface area contributed by atoms with E-state index < -0.39 is 0 Å². The van der Waals surface area contributed by atoms with Crippen LogP contribution in [0.1, 0.15) is 16.8 Å². The topological polar surface area (TPSA) is 59.5 Å². The Hall–Kier alpha value is -1.33. The molecule has 0 aromatic carbocycles. The molecule has 0 saturated heterocycles. The number of methoxy groups -OCH3 is 1. The number of aromatic nitrogens is 1. The second-order valence-corrected chi connectivity index (χ2v) is 4.33. The maximum Gasteiger partial charge on any atom is 0.307 e. The van der Waals surface area contributed by atoms with Gasteiger partial charge in [0.15, 0.2) is 0 Å². The summed E-state index contributed by atoms with van der Waals surface area (Å²) in [5.74, 6) is -0.662. The van der Waals surface area contributed by atoms with Crippen LogP contribution >= 0.6 is 23.2 Å². The van der Waals surface area contributed by atoms with Gasteiger partial charge < -0.3 is 9.64 Å². The largest absolute Gasteiger partial charge is 0.469 e. The summed E-state index contributed by atoms with van der Waals surface area (Å²) >= 11 is 11.4. The zero-order valence-electron chi connectivity index (χ0n) is 9.94. The fourth-order valence-corrected chi connectivity index (χ4v) is 1.73. The molecule has 1 rings (SSSR count). The van der Waals surface area contributed by atoms with Crippen LogP contribution in [0.4, 0.5) is 0 Å². The second-order valence-electron chi connectivity index (χ2n) is 3.55. The molecule has 0 atom stereocenters. The molecule has 1 aromatic rings. The van der Waals surface area contributed by atoms with Gasteiger partial charge in [-0.3, -0.25) is 9.59 Å². The van der Waals surface area contributed by atoms with E-state index in [1.807, 2.05) is 0 Å². The zero-order valence-corrected chi connectivity index (χ0v) is 11.5. The molecule has 0 aliphatic heterocycles. The van der Waals surface area contributed by atoms with Gasteiger partial charge in [0.2, 0.25) is 0 Å². The van der Waals surface area contributed by atoms with Gasteiger partial charge in [-0.2, -0.15) is 0 Å². The summed E-state index contributed by atoms with van der Waals surface area (Å²) in [6, 6.07) is 2.84. The molecule has 0 spiro atoms. The summed E-state index contributed by atoms with van der Waals surface area (Å²) in [6.07, 6.45) is 0.130. The lowest BCUT2D eigenvalue weighted by atomic mass is 10.2. The second kappa shape index (κ2) is 6.56. The molecule has 0 fully saturated rings. The van der Waals surface area contributed by atoms with Gasteiger partial charge in [0.1, 0.15) is 10.3 Å². The van der Waals surface area contributed by atoms with Crippen LogP contribution in [0, 0.1) is 0 Å². The van der Waals surface area contributed by atoms with Gasteiger partial charge in [0.25, 0.3) is 5.91 Å². The van der Waals surface area contributed by atoms with E-state index in [9.17, 15) is 9.59 Å².